The fourth-order valence-electron chi connectivity index (χ4n) is 1.38. The van der Waals surface area contributed by atoms with Crippen LogP contribution in [0.3, 0.4) is 0 Å². The molecule has 1 N–H and O–H groups in total. The number of esters is 1. The fourth-order valence-corrected chi connectivity index (χ4v) is 1.38. The Hall–Kier alpha value is -2.08. The molecule has 6 heteroatoms. The molecule has 0 saturated heterocycles. The highest BCUT2D eigenvalue weighted by Crippen LogP contribution is 2.11. The summed E-state index contributed by atoms with van der Waals surface area (Å²) < 4.78 is 14.8. The van der Waals surface area contributed by atoms with Crippen molar-refractivity contribution in [3.63, 3.8) is 0 Å². The Kier molecular flexibility index (Phi) is 7.13. The number of hydrogen-bond donors (Lipinski definition) is 1. The second-order valence-corrected chi connectivity index (χ2v) is 4.11. The van der Waals surface area contributed by atoms with E-state index >= 15 is 0 Å². The third-order valence-electron chi connectivity index (χ3n) is 2.34. The van der Waals surface area contributed by atoms with Gasteiger partial charge in [-0.15, -0.1) is 0 Å². The van der Waals surface area contributed by atoms with Crippen LogP contribution in [0.2, 0.25) is 0 Å². The quantitative estimate of drug-likeness (QED) is 0.560. The van der Waals surface area contributed by atoms with Gasteiger partial charge >= 0.3 is 5.97 Å². The van der Waals surface area contributed by atoms with E-state index in [1.54, 1.807) is 6.07 Å². The molecule has 20 heavy (non-hydrogen) atoms. The van der Waals surface area contributed by atoms with Crippen LogP contribution < -0.4 is 10.1 Å². The predicted molar refractivity (Wildman–Crippen MR) is 72.5 cm³/mol. The minimum Gasteiger partial charge on any atom is -0.482 e. The molecular weight excluding hydrogens is 262 g/mol. The van der Waals surface area contributed by atoms with E-state index in [0.717, 1.165) is 5.56 Å². The highest BCUT2D eigenvalue weighted by atomic mass is 16.6. The average molecular weight is 281 g/mol. The van der Waals surface area contributed by atoms with E-state index in [1.165, 1.54) is 7.11 Å². The summed E-state index contributed by atoms with van der Waals surface area (Å²) in [6, 6.07) is 7.32. The van der Waals surface area contributed by atoms with Crippen LogP contribution in [-0.4, -0.2) is 45.4 Å². The topological polar surface area (TPSA) is 73.9 Å². The Morgan fingerprint density at radius 3 is 2.75 bits per heavy atom. The Labute approximate surface area is 118 Å². The summed E-state index contributed by atoms with van der Waals surface area (Å²) in [5, 5.41) is 2.54. The first kappa shape index (κ1) is 16.0. The van der Waals surface area contributed by atoms with Crippen LogP contribution >= 0.6 is 0 Å². The van der Waals surface area contributed by atoms with Gasteiger partial charge in [0.1, 0.15) is 5.75 Å². The summed E-state index contributed by atoms with van der Waals surface area (Å²) in [7, 11) is 1.54. The second-order valence-electron chi connectivity index (χ2n) is 4.11. The first-order valence-electron chi connectivity index (χ1n) is 6.22. The zero-order valence-corrected chi connectivity index (χ0v) is 11.7. The van der Waals surface area contributed by atoms with Gasteiger partial charge in [-0.2, -0.15) is 0 Å². The van der Waals surface area contributed by atoms with Gasteiger partial charge in [0, 0.05) is 13.7 Å². The smallest absolute Gasteiger partial charge is 0.344 e. The van der Waals surface area contributed by atoms with E-state index in [4.69, 9.17) is 14.2 Å². The standard InChI is InChI=1S/C14H19NO5/c1-11-4-3-5-12(8-11)19-10-14(17)20-9-13(16)15-6-7-18-2/h3-5,8H,6-7,9-10H2,1-2H3,(H,15,16). The number of nitrogens with one attached hydrogen (secondary N) is 1. The Morgan fingerprint density at radius 1 is 1.25 bits per heavy atom. The number of hydrogen-bond acceptors (Lipinski definition) is 5. The van der Waals surface area contributed by atoms with Gasteiger partial charge in [0.15, 0.2) is 13.2 Å². The van der Waals surface area contributed by atoms with E-state index in [0.29, 0.717) is 18.9 Å². The minimum atomic E-state index is -0.589. The first-order valence-corrected chi connectivity index (χ1v) is 6.22. The van der Waals surface area contributed by atoms with Crippen molar-refractivity contribution in [2.45, 2.75) is 6.92 Å². The summed E-state index contributed by atoms with van der Waals surface area (Å²) in [4.78, 5) is 22.6. The molecule has 6 nitrogen and oxygen atoms in total. The molecule has 0 aliphatic carbocycles. The molecule has 1 amide bonds. The van der Waals surface area contributed by atoms with Crippen molar-refractivity contribution in [3.05, 3.63) is 29.8 Å². The number of carbonyl (C=O) groups is 2. The molecule has 0 spiro atoms. The van der Waals surface area contributed by atoms with Gasteiger partial charge in [0.05, 0.1) is 6.61 Å². The van der Waals surface area contributed by atoms with Crippen LogP contribution in [0.25, 0.3) is 0 Å². The van der Waals surface area contributed by atoms with Gasteiger partial charge in [-0.05, 0) is 24.6 Å². The summed E-state index contributed by atoms with van der Waals surface area (Å²) in [5.41, 5.74) is 1.04. The van der Waals surface area contributed by atoms with Crippen molar-refractivity contribution < 1.29 is 23.8 Å². The van der Waals surface area contributed by atoms with Gasteiger partial charge in [-0.1, -0.05) is 12.1 Å². The molecule has 1 aromatic carbocycles. The fraction of sp³-hybridized carbons (Fsp3) is 0.429. The lowest BCUT2D eigenvalue weighted by Crippen LogP contribution is -2.32. The van der Waals surface area contributed by atoms with Gasteiger partial charge in [0.2, 0.25) is 0 Å². The molecule has 0 unspecified atom stereocenters. The van der Waals surface area contributed by atoms with E-state index in [2.05, 4.69) is 5.32 Å². The third kappa shape index (κ3) is 6.75. The molecule has 0 aliphatic heterocycles. The molecule has 0 saturated carbocycles. The highest BCUT2D eigenvalue weighted by molar-refractivity contribution is 5.80. The zero-order valence-electron chi connectivity index (χ0n) is 11.7. The van der Waals surface area contributed by atoms with Crippen LogP contribution in [0.15, 0.2) is 24.3 Å². The maximum Gasteiger partial charge on any atom is 0.344 e. The van der Waals surface area contributed by atoms with Crippen LogP contribution in [-0.2, 0) is 19.1 Å². The normalized spacial score (nSPS) is 9.90. The molecule has 0 aromatic heterocycles. The van der Waals surface area contributed by atoms with Crippen LogP contribution in [0.5, 0.6) is 5.75 Å². The van der Waals surface area contributed by atoms with Gasteiger partial charge in [-0.3, -0.25) is 4.79 Å². The summed E-state index contributed by atoms with van der Waals surface area (Å²) in [6.07, 6.45) is 0. The maximum absolute atomic E-state index is 11.4. The molecule has 1 aromatic rings. The van der Waals surface area contributed by atoms with Gasteiger partial charge in [-0.25, -0.2) is 4.79 Å². The molecular formula is C14H19NO5. The lowest BCUT2D eigenvalue weighted by Gasteiger charge is -2.08. The summed E-state index contributed by atoms with van der Waals surface area (Å²) in [6.45, 7) is 2.17. The number of benzene rings is 1. The minimum absolute atomic E-state index is 0.227. The number of rotatable bonds is 8. The third-order valence-corrected chi connectivity index (χ3v) is 2.34. The van der Waals surface area contributed by atoms with Crippen molar-refractivity contribution in [2.24, 2.45) is 0 Å². The molecule has 1 rings (SSSR count). The van der Waals surface area contributed by atoms with Crippen molar-refractivity contribution in [3.8, 4) is 5.75 Å². The average Bonchev–Trinajstić information content (AvgIpc) is 2.43. The number of methoxy groups -OCH3 is 1. The van der Waals surface area contributed by atoms with E-state index in [9.17, 15) is 9.59 Å². The number of amides is 1. The first-order chi connectivity index (χ1) is 9.61. The molecule has 0 atom stereocenters. The van der Waals surface area contributed by atoms with E-state index in [1.807, 2.05) is 25.1 Å². The van der Waals surface area contributed by atoms with Crippen molar-refractivity contribution >= 4 is 11.9 Å². The number of aryl methyl sites for hydroxylation is 1. The number of carbonyl (C=O) groups excluding carboxylic acids is 2. The lowest BCUT2D eigenvalue weighted by molar-refractivity contribution is -0.150. The van der Waals surface area contributed by atoms with Crippen molar-refractivity contribution in [1.29, 1.82) is 0 Å². The molecule has 0 bridgehead atoms. The Bertz CT molecular complexity index is 447. The Morgan fingerprint density at radius 2 is 2.05 bits per heavy atom. The van der Waals surface area contributed by atoms with Crippen LogP contribution in [0.4, 0.5) is 0 Å². The zero-order chi connectivity index (χ0) is 14.8. The monoisotopic (exact) mass is 281 g/mol. The maximum atomic E-state index is 11.4. The van der Waals surface area contributed by atoms with Crippen LogP contribution in [0, 0.1) is 6.92 Å². The van der Waals surface area contributed by atoms with Gasteiger partial charge < -0.3 is 19.5 Å². The number of ether oxygens (including phenoxy) is 3. The van der Waals surface area contributed by atoms with Gasteiger partial charge in [0.25, 0.3) is 5.91 Å². The summed E-state index contributed by atoms with van der Waals surface area (Å²) >= 11 is 0. The molecule has 0 aliphatic rings. The van der Waals surface area contributed by atoms with E-state index in [-0.39, 0.29) is 19.1 Å². The predicted octanol–water partition coefficient (Wildman–Crippen LogP) is 0.680. The highest BCUT2D eigenvalue weighted by Gasteiger charge is 2.08. The van der Waals surface area contributed by atoms with Crippen molar-refractivity contribution in [1.82, 2.24) is 5.32 Å². The second kappa shape index (κ2) is 8.92. The molecule has 0 radical (unpaired) electrons. The lowest BCUT2D eigenvalue weighted by atomic mass is 10.2. The van der Waals surface area contributed by atoms with E-state index < -0.39 is 5.97 Å². The largest absolute Gasteiger partial charge is 0.482 e. The summed E-state index contributed by atoms with van der Waals surface area (Å²) in [5.74, 6) is -0.370. The Balaban J connectivity index is 2.19. The van der Waals surface area contributed by atoms with Crippen LogP contribution in [0.1, 0.15) is 5.56 Å². The molecule has 0 heterocycles. The molecule has 110 valence electrons. The molecule has 0 fully saturated rings. The van der Waals surface area contributed by atoms with Crippen molar-refractivity contribution in [2.75, 3.05) is 33.5 Å². The SMILES string of the molecule is COCCNC(=O)COC(=O)COc1cccc(C)c1.